The first-order chi connectivity index (χ1) is 24.8. The van der Waals surface area contributed by atoms with Crippen LogP contribution in [0.5, 0.6) is 12.0 Å². The topological polar surface area (TPSA) is 292 Å². The largest absolute Gasteiger partial charge is 0.478 e. The summed E-state index contributed by atoms with van der Waals surface area (Å²) in [6, 6.07) is 8.04. The summed E-state index contributed by atoms with van der Waals surface area (Å²) in [5.74, 6) is -2.03. The van der Waals surface area contributed by atoms with Gasteiger partial charge in [0.05, 0.1) is 32.5 Å². The molecule has 4 rings (SSSR count). The number of urea groups is 2. The number of carboxylic acid groups (broad SMARTS) is 1. The molecule has 0 aliphatic rings. The van der Waals surface area contributed by atoms with Crippen molar-refractivity contribution < 1.29 is 55.3 Å². The standard InChI is InChI=1S/C15H17N5O6S.C14H15N5O6S/c1-9-16-13(18-14(17-9)26-4)20(2)15(22)19-27(23,24)11-8-6-5-7-10(11)12(21)25-3;1-8-15-12(17-13(16-8)25-3)19(2)14(22)18-26(23,24)10-7-5-4-6-9(10)11(20)21/h5-8H,1-4H3,(H,19,22);4-7H,1-3H3,(H,18,22)(H,20,21). The fourth-order valence-corrected chi connectivity index (χ4v) is 6.24. The number of hydrogen-bond donors (Lipinski definition) is 3. The third-order valence-electron chi connectivity index (χ3n) is 6.44. The fourth-order valence-electron chi connectivity index (χ4n) is 3.89. The summed E-state index contributed by atoms with van der Waals surface area (Å²) in [5, 5.41) is 9.11. The van der Waals surface area contributed by atoms with Crippen molar-refractivity contribution in [3.05, 3.63) is 71.3 Å². The number of aryl methyl sites for hydroxylation is 2. The van der Waals surface area contributed by atoms with Gasteiger partial charge in [-0.1, -0.05) is 24.3 Å². The quantitative estimate of drug-likeness (QED) is 0.189. The molecule has 4 amide bonds. The highest BCUT2D eigenvalue weighted by Crippen LogP contribution is 2.19. The van der Waals surface area contributed by atoms with Crippen molar-refractivity contribution in [1.82, 2.24) is 39.3 Å². The molecule has 0 fully saturated rings. The van der Waals surface area contributed by atoms with E-state index >= 15 is 0 Å². The summed E-state index contributed by atoms with van der Waals surface area (Å²) in [4.78, 5) is 71.7. The lowest BCUT2D eigenvalue weighted by Crippen LogP contribution is -2.42. The van der Waals surface area contributed by atoms with E-state index in [1.807, 2.05) is 4.72 Å². The van der Waals surface area contributed by atoms with Crippen molar-refractivity contribution in [1.29, 1.82) is 0 Å². The number of carbonyl (C=O) groups is 4. The molecule has 282 valence electrons. The summed E-state index contributed by atoms with van der Waals surface area (Å²) in [6.45, 7) is 3.10. The number of rotatable bonds is 10. The van der Waals surface area contributed by atoms with Gasteiger partial charge in [0, 0.05) is 14.1 Å². The highest BCUT2D eigenvalue weighted by molar-refractivity contribution is 7.90. The Bertz CT molecular complexity index is 2260. The summed E-state index contributed by atoms with van der Waals surface area (Å²) < 4.78 is 67.9. The number of carbonyl (C=O) groups excluding carboxylic acids is 3. The molecule has 22 nitrogen and oxygen atoms in total. The Balaban J connectivity index is 0.000000286. The zero-order valence-electron chi connectivity index (χ0n) is 29.0. The van der Waals surface area contributed by atoms with E-state index in [2.05, 4.69) is 34.6 Å². The van der Waals surface area contributed by atoms with Gasteiger partial charge in [-0.05, 0) is 38.1 Å². The first-order valence-corrected chi connectivity index (χ1v) is 17.5. The minimum atomic E-state index is -4.44. The molecule has 53 heavy (non-hydrogen) atoms. The molecule has 2 aromatic carbocycles. The van der Waals surface area contributed by atoms with E-state index in [0.717, 1.165) is 29.0 Å². The van der Waals surface area contributed by atoms with Crippen LogP contribution in [0.1, 0.15) is 32.4 Å². The maximum Gasteiger partial charge on any atom is 0.339 e. The van der Waals surface area contributed by atoms with Crippen LogP contribution in [0.4, 0.5) is 21.5 Å². The predicted octanol–water partition coefficient (Wildman–Crippen LogP) is 0.931. The molecular weight excluding hydrogens is 745 g/mol. The van der Waals surface area contributed by atoms with Crippen molar-refractivity contribution in [3.63, 3.8) is 0 Å². The number of ether oxygens (including phenoxy) is 3. The Morgan fingerprint density at radius 1 is 0.623 bits per heavy atom. The zero-order chi connectivity index (χ0) is 39.7. The number of nitrogens with zero attached hydrogens (tertiary/aromatic N) is 8. The van der Waals surface area contributed by atoms with Gasteiger partial charge < -0.3 is 19.3 Å². The molecule has 2 heterocycles. The fraction of sp³-hybridized carbons (Fsp3) is 0.241. The van der Waals surface area contributed by atoms with Gasteiger partial charge in [-0.2, -0.15) is 29.9 Å². The second-order valence-electron chi connectivity index (χ2n) is 10.1. The Kier molecular flexibility index (Phi) is 13.2. The summed E-state index contributed by atoms with van der Waals surface area (Å²) in [5.41, 5.74) is -0.672. The molecule has 0 aliphatic heterocycles. The summed E-state index contributed by atoms with van der Waals surface area (Å²) in [6.07, 6.45) is 0. The molecule has 0 aliphatic carbocycles. The number of aromatic carboxylic acids is 1. The summed E-state index contributed by atoms with van der Waals surface area (Å²) >= 11 is 0. The van der Waals surface area contributed by atoms with Gasteiger partial charge >= 0.3 is 36.0 Å². The van der Waals surface area contributed by atoms with Gasteiger partial charge in [-0.25, -0.2) is 45.5 Å². The normalized spacial score (nSPS) is 10.8. The molecule has 3 N–H and O–H groups in total. The van der Waals surface area contributed by atoms with Crippen molar-refractivity contribution in [2.24, 2.45) is 0 Å². The SMILES string of the molecule is COC(=O)c1ccccc1S(=O)(=O)NC(=O)N(C)c1nc(C)nc(OC)n1.COc1nc(C)nc(N(C)C(=O)NS(=O)(=O)c2ccccc2C(=O)O)n1. The van der Waals surface area contributed by atoms with E-state index in [1.165, 1.54) is 64.7 Å². The van der Waals surface area contributed by atoms with Crippen molar-refractivity contribution in [3.8, 4) is 12.0 Å². The molecular formula is C29H32N10O12S2. The first-order valence-electron chi connectivity index (χ1n) is 14.5. The number of sulfonamides is 2. The van der Waals surface area contributed by atoms with Gasteiger partial charge in [-0.15, -0.1) is 0 Å². The molecule has 24 heteroatoms. The Hall–Kier alpha value is -6.56. The number of benzene rings is 2. The molecule has 4 aromatic rings. The maximum absolute atomic E-state index is 12.6. The van der Waals surface area contributed by atoms with E-state index in [-0.39, 0.29) is 41.1 Å². The van der Waals surface area contributed by atoms with Crippen LogP contribution in [0.15, 0.2) is 58.3 Å². The number of hydrogen-bond acceptors (Lipinski definition) is 17. The first kappa shape index (κ1) is 40.9. The van der Waals surface area contributed by atoms with Crippen LogP contribution in [0.25, 0.3) is 0 Å². The molecule has 0 unspecified atom stereocenters. The monoisotopic (exact) mass is 776 g/mol. The maximum atomic E-state index is 12.6. The molecule has 0 saturated carbocycles. The Morgan fingerprint density at radius 2 is 1.00 bits per heavy atom. The van der Waals surface area contributed by atoms with Gasteiger partial charge in [0.15, 0.2) is 0 Å². The van der Waals surface area contributed by atoms with E-state index < -0.39 is 59.4 Å². The third kappa shape index (κ3) is 10.3. The molecule has 0 saturated heterocycles. The van der Waals surface area contributed by atoms with Gasteiger partial charge in [0.1, 0.15) is 21.4 Å². The van der Waals surface area contributed by atoms with Crippen LogP contribution in [0.3, 0.4) is 0 Å². The number of anilines is 2. The third-order valence-corrected chi connectivity index (χ3v) is 9.19. The van der Waals surface area contributed by atoms with Crippen LogP contribution in [0, 0.1) is 13.8 Å². The van der Waals surface area contributed by atoms with Gasteiger partial charge in [0.2, 0.25) is 11.9 Å². The minimum Gasteiger partial charge on any atom is -0.478 e. The zero-order valence-corrected chi connectivity index (χ0v) is 30.6. The van der Waals surface area contributed by atoms with Crippen LogP contribution in [0.2, 0.25) is 0 Å². The second kappa shape index (κ2) is 17.1. The van der Waals surface area contributed by atoms with E-state index in [4.69, 9.17) is 14.6 Å². The van der Waals surface area contributed by atoms with E-state index in [0.29, 0.717) is 0 Å². The number of nitrogens with one attached hydrogen (secondary N) is 2. The second-order valence-corrected chi connectivity index (χ2v) is 13.4. The molecule has 0 radical (unpaired) electrons. The van der Waals surface area contributed by atoms with Gasteiger partial charge in [-0.3, -0.25) is 9.80 Å². The summed E-state index contributed by atoms with van der Waals surface area (Å²) in [7, 11) is -2.51. The minimum absolute atomic E-state index is 0.0314. The highest BCUT2D eigenvalue weighted by Gasteiger charge is 2.28. The highest BCUT2D eigenvalue weighted by atomic mass is 32.2. The van der Waals surface area contributed by atoms with E-state index in [9.17, 15) is 36.0 Å². The van der Waals surface area contributed by atoms with Crippen LogP contribution >= 0.6 is 0 Å². The smallest absolute Gasteiger partial charge is 0.339 e. The molecule has 0 bridgehead atoms. The number of aromatic nitrogens is 6. The average molecular weight is 777 g/mol. The number of methoxy groups -OCH3 is 3. The van der Waals surface area contributed by atoms with E-state index in [1.54, 1.807) is 18.6 Å². The lowest BCUT2D eigenvalue weighted by Gasteiger charge is -2.17. The molecule has 0 spiro atoms. The van der Waals surface area contributed by atoms with Crippen LogP contribution in [-0.4, -0.2) is 111 Å². The Morgan fingerprint density at radius 3 is 1.38 bits per heavy atom. The van der Waals surface area contributed by atoms with Crippen LogP contribution < -0.4 is 28.7 Å². The van der Waals surface area contributed by atoms with Crippen molar-refractivity contribution in [2.75, 3.05) is 45.2 Å². The van der Waals surface area contributed by atoms with Crippen molar-refractivity contribution >= 4 is 55.9 Å². The van der Waals surface area contributed by atoms with Crippen LogP contribution in [-0.2, 0) is 24.8 Å². The number of amides is 4. The predicted molar refractivity (Wildman–Crippen MR) is 182 cm³/mol. The van der Waals surface area contributed by atoms with Crippen molar-refractivity contribution in [2.45, 2.75) is 23.6 Å². The lowest BCUT2D eigenvalue weighted by molar-refractivity contribution is 0.0595. The molecule has 0 atom stereocenters. The number of esters is 1. The Labute approximate surface area is 302 Å². The molecule has 2 aromatic heterocycles. The average Bonchev–Trinajstić information content (AvgIpc) is 3.13. The van der Waals surface area contributed by atoms with Gasteiger partial charge in [0.25, 0.3) is 20.0 Å². The lowest BCUT2D eigenvalue weighted by atomic mass is 10.2. The number of carboxylic acids is 1.